The van der Waals surface area contributed by atoms with Crippen LogP contribution >= 0.6 is 0 Å². The first-order chi connectivity index (χ1) is 7.84. The fourth-order valence-electron chi connectivity index (χ4n) is 2.18. The summed E-state index contributed by atoms with van der Waals surface area (Å²) in [6.07, 6.45) is 3.12. The average Bonchev–Trinajstić information content (AvgIpc) is 2.81. The number of urea groups is 1. The van der Waals surface area contributed by atoms with Crippen molar-refractivity contribution in [2.24, 2.45) is 5.92 Å². The van der Waals surface area contributed by atoms with Crippen molar-refractivity contribution in [2.75, 3.05) is 32.8 Å². The van der Waals surface area contributed by atoms with Crippen molar-refractivity contribution in [1.29, 1.82) is 0 Å². The Labute approximate surface area is 96.3 Å². The van der Waals surface area contributed by atoms with Gasteiger partial charge in [-0.05, 0) is 32.4 Å². The molecule has 2 heterocycles. The summed E-state index contributed by atoms with van der Waals surface area (Å²) in [7, 11) is 0. The van der Waals surface area contributed by atoms with Crippen LogP contribution in [0.5, 0.6) is 0 Å². The lowest BCUT2D eigenvalue weighted by Crippen LogP contribution is -2.47. The number of hydrogen-bond donors (Lipinski definition) is 3. The van der Waals surface area contributed by atoms with E-state index in [0.717, 1.165) is 52.1 Å². The van der Waals surface area contributed by atoms with Crippen LogP contribution in [0.25, 0.3) is 0 Å². The van der Waals surface area contributed by atoms with Crippen molar-refractivity contribution in [1.82, 2.24) is 16.0 Å². The molecule has 0 radical (unpaired) electrons. The lowest BCUT2D eigenvalue weighted by Gasteiger charge is -2.24. The zero-order valence-corrected chi connectivity index (χ0v) is 9.63. The second-order valence-corrected chi connectivity index (χ2v) is 4.61. The van der Waals surface area contributed by atoms with E-state index in [-0.39, 0.29) is 6.03 Å². The summed E-state index contributed by atoms with van der Waals surface area (Å²) in [4.78, 5) is 11.6. The summed E-state index contributed by atoms with van der Waals surface area (Å²) in [5.41, 5.74) is 0. The van der Waals surface area contributed by atoms with E-state index in [9.17, 15) is 4.79 Å². The second kappa shape index (κ2) is 6.06. The van der Waals surface area contributed by atoms with Crippen LogP contribution < -0.4 is 16.0 Å². The molecule has 2 fully saturated rings. The maximum absolute atomic E-state index is 11.6. The molecule has 0 bridgehead atoms. The van der Waals surface area contributed by atoms with Crippen molar-refractivity contribution in [3.05, 3.63) is 0 Å². The number of rotatable bonds is 3. The molecule has 2 saturated heterocycles. The Morgan fingerprint density at radius 3 is 2.81 bits per heavy atom. The Bertz CT molecular complexity index is 223. The molecular formula is C11H21N3O2. The zero-order chi connectivity index (χ0) is 11.2. The molecule has 0 spiro atoms. The molecule has 2 aliphatic heterocycles. The minimum atomic E-state index is -0.0289. The van der Waals surface area contributed by atoms with Gasteiger partial charge in [0.05, 0.1) is 6.61 Å². The van der Waals surface area contributed by atoms with Crippen molar-refractivity contribution in [3.63, 3.8) is 0 Å². The molecule has 2 amide bonds. The number of piperidine rings is 1. The number of amides is 2. The van der Waals surface area contributed by atoms with Gasteiger partial charge in [0.25, 0.3) is 0 Å². The van der Waals surface area contributed by atoms with Crippen molar-refractivity contribution < 1.29 is 9.53 Å². The molecule has 2 rings (SSSR count). The first-order valence-corrected chi connectivity index (χ1v) is 6.17. The van der Waals surface area contributed by atoms with E-state index in [1.54, 1.807) is 0 Å². The Kier molecular flexibility index (Phi) is 4.42. The summed E-state index contributed by atoms with van der Waals surface area (Å²) in [5.74, 6) is 0.499. The summed E-state index contributed by atoms with van der Waals surface area (Å²) < 4.78 is 5.26. The second-order valence-electron chi connectivity index (χ2n) is 4.61. The van der Waals surface area contributed by atoms with Gasteiger partial charge >= 0.3 is 6.03 Å². The van der Waals surface area contributed by atoms with Gasteiger partial charge < -0.3 is 20.7 Å². The standard InChI is InChI=1S/C11H21N3O2/c15-11(13-7-9-3-6-16-8-9)14-10-1-4-12-5-2-10/h9-10,12H,1-8H2,(H2,13,14,15). The first kappa shape index (κ1) is 11.7. The van der Waals surface area contributed by atoms with Crippen LogP contribution in [0.2, 0.25) is 0 Å². The average molecular weight is 227 g/mol. The number of nitrogens with one attached hydrogen (secondary N) is 3. The van der Waals surface area contributed by atoms with Crippen LogP contribution in [0.1, 0.15) is 19.3 Å². The highest BCUT2D eigenvalue weighted by molar-refractivity contribution is 5.74. The largest absolute Gasteiger partial charge is 0.381 e. The normalized spacial score (nSPS) is 26.6. The van der Waals surface area contributed by atoms with E-state index in [0.29, 0.717) is 12.0 Å². The Balaban J connectivity index is 1.59. The Hall–Kier alpha value is -0.810. The third-order valence-electron chi connectivity index (χ3n) is 3.25. The summed E-state index contributed by atoms with van der Waals surface area (Å²) >= 11 is 0. The van der Waals surface area contributed by atoms with Gasteiger partial charge in [0, 0.05) is 25.1 Å². The number of carbonyl (C=O) groups excluding carboxylic acids is 1. The van der Waals surface area contributed by atoms with Gasteiger partial charge in [-0.3, -0.25) is 0 Å². The molecule has 0 saturated carbocycles. The topological polar surface area (TPSA) is 62.4 Å². The first-order valence-electron chi connectivity index (χ1n) is 6.17. The fraction of sp³-hybridized carbons (Fsp3) is 0.909. The van der Waals surface area contributed by atoms with Gasteiger partial charge in [0.2, 0.25) is 0 Å². The third-order valence-corrected chi connectivity index (χ3v) is 3.25. The van der Waals surface area contributed by atoms with E-state index in [1.807, 2.05) is 0 Å². The minimum absolute atomic E-state index is 0.0289. The van der Waals surface area contributed by atoms with Gasteiger partial charge in [0.15, 0.2) is 0 Å². The highest BCUT2D eigenvalue weighted by Gasteiger charge is 2.18. The van der Waals surface area contributed by atoms with Gasteiger partial charge in [-0.25, -0.2) is 4.79 Å². The molecule has 0 aromatic heterocycles. The van der Waals surface area contributed by atoms with Crippen LogP contribution in [-0.2, 0) is 4.74 Å². The molecular weight excluding hydrogens is 206 g/mol. The SMILES string of the molecule is O=C(NCC1CCOC1)NC1CCNCC1. The highest BCUT2D eigenvalue weighted by atomic mass is 16.5. The molecule has 1 unspecified atom stereocenters. The van der Waals surface area contributed by atoms with E-state index in [1.165, 1.54) is 0 Å². The van der Waals surface area contributed by atoms with Gasteiger partial charge in [0.1, 0.15) is 0 Å². The molecule has 0 aliphatic carbocycles. The van der Waals surface area contributed by atoms with Crippen molar-refractivity contribution in [3.8, 4) is 0 Å². The van der Waals surface area contributed by atoms with Gasteiger partial charge in [-0.2, -0.15) is 0 Å². The zero-order valence-electron chi connectivity index (χ0n) is 9.63. The Morgan fingerprint density at radius 1 is 1.31 bits per heavy atom. The van der Waals surface area contributed by atoms with Crippen molar-refractivity contribution >= 4 is 6.03 Å². The van der Waals surface area contributed by atoms with E-state index in [2.05, 4.69) is 16.0 Å². The highest BCUT2D eigenvalue weighted by Crippen LogP contribution is 2.10. The monoisotopic (exact) mass is 227 g/mol. The van der Waals surface area contributed by atoms with Crippen LogP contribution in [0.4, 0.5) is 4.79 Å². The van der Waals surface area contributed by atoms with Gasteiger partial charge in [-0.15, -0.1) is 0 Å². The van der Waals surface area contributed by atoms with Crippen LogP contribution in [0.15, 0.2) is 0 Å². The smallest absolute Gasteiger partial charge is 0.315 e. The third kappa shape index (κ3) is 3.64. The molecule has 3 N–H and O–H groups in total. The summed E-state index contributed by atoms with van der Waals surface area (Å²) in [6, 6.07) is 0.305. The lowest BCUT2D eigenvalue weighted by atomic mass is 10.1. The molecule has 0 aromatic carbocycles. The molecule has 0 aromatic rings. The number of hydrogen-bond acceptors (Lipinski definition) is 3. The maximum atomic E-state index is 11.6. The minimum Gasteiger partial charge on any atom is -0.381 e. The lowest BCUT2D eigenvalue weighted by molar-refractivity contribution is 0.184. The molecule has 16 heavy (non-hydrogen) atoms. The molecule has 2 aliphatic rings. The van der Waals surface area contributed by atoms with Crippen LogP contribution in [0, 0.1) is 5.92 Å². The van der Waals surface area contributed by atoms with E-state index < -0.39 is 0 Å². The predicted octanol–water partition coefficient (Wildman–Crippen LogP) is 0.0741. The fourth-order valence-corrected chi connectivity index (χ4v) is 2.18. The van der Waals surface area contributed by atoms with E-state index in [4.69, 9.17) is 4.74 Å². The van der Waals surface area contributed by atoms with Gasteiger partial charge in [-0.1, -0.05) is 0 Å². The van der Waals surface area contributed by atoms with E-state index >= 15 is 0 Å². The van der Waals surface area contributed by atoms with Crippen LogP contribution in [-0.4, -0.2) is 44.9 Å². The summed E-state index contributed by atoms with van der Waals surface area (Å²) in [5, 5.41) is 9.21. The van der Waals surface area contributed by atoms with Crippen molar-refractivity contribution in [2.45, 2.75) is 25.3 Å². The van der Waals surface area contributed by atoms with Crippen LogP contribution in [0.3, 0.4) is 0 Å². The Morgan fingerprint density at radius 2 is 2.12 bits per heavy atom. The summed E-state index contributed by atoms with van der Waals surface area (Å²) in [6.45, 7) is 4.36. The number of carbonyl (C=O) groups is 1. The molecule has 1 atom stereocenters. The quantitative estimate of drug-likeness (QED) is 0.639. The molecule has 5 nitrogen and oxygen atoms in total. The number of ether oxygens (including phenoxy) is 1. The maximum Gasteiger partial charge on any atom is 0.315 e. The molecule has 92 valence electrons. The predicted molar refractivity (Wildman–Crippen MR) is 61.4 cm³/mol. The molecule has 5 heteroatoms.